The first-order chi connectivity index (χ1) is 14.4. The molecule has 1 saturated heterocycles. The van der Waals surface area contributed by atoms with Crippen LogP contribution in [0.1, 0.15) is 36.7 Å². The molecule has 1 aromatic carbocycles. The lowest BCUT2D eigenvalue weighted by molar-refractivity contribution is -0.124. The molecule has 9 heteroatoms. The minimum Gasteiger partial charge on any atom is -0.459 e. The van der Waals surface area contributed by atoms with Gasteiger partial charge in [-0.2, -0.15) is 4.72 Å². The molecule has 0 saturated carbocycles. The van der Waals surface area contributed by atoms with Crippen LogP contribution in [0.3, 0.4) is 0 Å². The molecule has 3 rings (SSSR count). The molecular formula is C21H27N3O5S. The molecule has 1 atom stereocenters. The molecule has 162 valence electrons. The molecule has 8 nitrogen and oxygen atoms in total. The molecule has 2 heterocycles. The van der Waals surface area contributed by atoms with Crippen LogP contribution in [0, 0.1) is 5.92 Å². The van der Waals surface area contributed by atoms with Crippen molar-refractivity contribution in [2.45, 2.75) is 37.1 Å². The molecule has 2 N–H and O–H groups in total. The van der Waals surface area contributed by atoms with E-state index in [-0.39, 0.29) is 28.4 Å². The molecule has 1 fully saturated rings. The van der Waals surface area contributed by atoms with Gasteiger partial charge in [0, 0.05) is 19.6 Å². The van der Waals surface area contributed by atoms with E-state index in [0.29, 0.717) is 32.5 Å². The number of benzene rings is 1. The number of hydrogen-bond acceptors (Lipinski definition) is 5. The standard InChI is InChI=1S/C21H27N3O5S/c1-2-12-22-20(25)19(23-30(27,28)17-7-4-3-5-8-17)16-10-13-24(14-11-16)21(26)18-9-6-15-29-18/h3-9,15-16,19,23H,2,10-14H2,1H3,(H,22,25). The quantitative estimate of drug-likeness (QED) is 0.662. The molecule has 2 amide bonds. The number of carbonyl (C=O) groups is 2. The van der Waals surface area contributed by atoms with Gasteiger partial charge in [-0.25, -0.2) is 8.42 Å². The molecule has 1 aliphatic rings. The Hall–Kier alpha value is -2.65. The fraction of sp³-hybridized carbons (Fsp3) is 0.429. The summed E-state index contributed by atoms with van der Waals surface area (Å²) >= 11 is 0. The van der Waals surface area contributed by atoms with Gasteiger partial charge in [0.05, 0.1) is 11.2 Å². The fourth-order valence-electron chi connectivity index (χ4n) is 3.55. The minimum absolute atomic E-state index is 0.115. The van der Waals surface area contributed by atoms with E-state index in [9.17, 15) is 18.0 Å². The summed E-state index contributed by atoms with van der Waals surface area (Å²) in [6.07, 6.45) is 3.22. The SMILES string of the molecule is CCCNC(=O)C(NS(=O)(=O)c1ccccc1)C1CCN(C(=O)c2ccco2)CC1. The Bertz CT molecular complexity index is 936. The molecule has 0 radical (unpaired) electrons. The number of piperidine rings is 1. The van der Waals surface area contributed by atoms with Crippen LogP contribution >= 0.6 is 0 Å². The first kappa shape index (κ1) is 22.0. The maximum Gasteiger partial charge on any atom is 0.289 e. The molecule has 1 unspecified atom stereocenters. The number of carbonyl (C=O) groups excluding carboxylic acids is 2. The highest BCUT2D eigenvalue weighted by molar-refractivity contribution is 7.89. The first-order valence-corrected chi connectivity index (χ1v) is 11.6. The van der Waals surface area contributed by atoms with Crippen molar-refractivity contribution in [3.8, 4) is 0 Å². The minimum atomic E-state index is -3.85. The Kier molecular flexibility index (Phi) is 7.28. The highest BCUT2D eigenvalue weighted by Gasteiger charge is 2.36. The predicted octanol–water partition coefficient (Wildman–Crippen LogP) is 2.01. The van der Waals surface area contributed by atoms with Crippen molar-refractivity contribution in [1.29, 1.82) is 0 Å². The Balaban J connectivity index is 1.71. The van der Waals surface area contributed by atoms with Gasteiger partial charge in [0.1, 0.15) is 6.04 Å². The number of likely N-dealkylation sites (tertiary alicyclic amines) is 1. The lowest BCUT2D eigenvalue weighted by Crippen LogP contribution is -2.53. The molecular weight excluding hydrogens is 406 g/mol. The zero-order valence-corrected chi connectivity index (χ0v) is 17.7. The lowest BCUT2D eigenvalue weighted by atomic mass is 9.89. The van der Waals surface area contributed by atoms with Crippen LogP contribution in [0.25, 0.3) is 0 Å². The molecule has 0 aliphatic carbocycles. The number of rotatable bonds is 8. The van der Waals surface area contributed by atoms with Crippen molar-refractivity contribution in [2.24, 2.45) is 5.92 Å². The molecule has 0 spiro atoms. The van der Waals surface area contributed by atoms with E-state index < -0.39 is 16.1 Å². The van der Waals surface area contributed by atoms with E-state index in [2.05, 4.69) is 10.0 Å². The Morgan fingerprint density at radius 2 is 1.83 bits per heavy atom. The molecule has 1 aliphatic heterocycles. The summed E-state index contributed by atoms with van der Waals surface area (Å²) in [7, 11) is -3.85. The Morgan fingerprint density at radius 3 is 2.43 bits per heavy atom. The topological polar surface area (TPSA) is 109 Å². The molecule has 30 heavy (non-hydrogen) atoms. The summed E-state index contributed by atoms with van der Waals surface area (Å²) < 4.78 is 33.4. The number of nitrogens with zero attached hydrogens (tertiary/aromatic N) is 1. The third kappa shape index (κ3) is 5.28. The van der Waals surface area contributed by atoms with Crippen molar-refractivity contribution in [3.05, 3.63) is 54.5 Å². The number of sulfonamides is 1. The summed E-state index contributed by atoms with van der Waals surface area (Å²) in [5, 5.41) is 2.80. The van der Waals surface area contributed by atoms with Gasteiger partial charge in [0.15, 0.2) is 5.76 Å². The Labute approximate surface area is 176 Å². The van der Waals surface area contributed by atoms with Gasteiger partial charge >= 0.3 is 0 Å². The highest BCUT2D eigenvalue weighted by atomic mass is 32.2. The van der Waals surface area contributed by atoms with Gasteiger partial charge in [-0.1, -0.05) is 25.1 Å². The summed E-state index contributed by atoms with van der Waals surface area (Å²) in [6.45, 7) is 3.25. The van der Waals surface area contributed by atoms with Crippen LogP contribution in [0.2, 0.25) is 0 Å². The van der Waals surface area contributed by atoms with Crippen LogP contribution in [0.15, 0.2) is 58.0 Å². The van der Waals surface area contributed by atoms with Crippen molar-refractivity contribution >= 4 is 21.8 Å². The van der Waals surface area contributed by atoms with Crippen LogP contribution in [0.4, 0.5) is 0 Å². The second-order valence-electron chi connectivity index (χ2n) is 7.31. The lowest BCUT2D eigenvalue weighted by Gasteiger charge is -2.35. The van der Waals surface area contributed by atoms with Crippen LogP contribution < -0.4 is 10.0 Å². The second-order valence-corrected chi connectivity index (χ2v) is 9.02. The largest absolute Gasteiger partial charge is 0.459 e. The van der Waals surface area contributed by atoms with Gasteiger partial charge in [-0.3, -0.25) is 9.59 Å². The van der Waals surface area contributed by atoms with Crippen LogP contribution in [-0.4, -0.2) is 50.8 Å². The Morgan fingerprint density at radius 1 is 1.13 bits per heavy atom. The maximum absolute atomic E-state index is 12.8. The average molecular weight is 434 g/mol. The van der Waals surface area contributed by atoms with E-state index >= 15 is 0 Å². The summed E-state index contributed by atoms with van der Waals surface area (Å²) in [6, 6.07) is 10.4. The van der Waals surface area contributed by atoms with Crippen molar-refractivity contribution in [2.75, 3.05) is 19.6 Å². The zero-order valence-electron chi connectivity index (χ0n) is 16.9. The highest BCUT2D eigenvalue weighted by Crippen LogP contribution is 2.24. The normalized spacial score (nSPS) is 16.2. The number of nitrogens with one attached hydrogen (secondary N) is 2. The van der Waals surface area contributed by atoms with Crippen LogP contribution in [0.5, 0.6) is 0 Å². The predicted molar refractivity (Wildman–Crippen MR) is 111 cm³/mol. The van der Waals surface area contributed by atoms with E-state index in [1.165, 1.54) is 18.4 Å². The molecule has 2 aromatic rings. The summed E-state index contributed by atoms with van der Waals surface area (Å²) in [5.74, 6) is -0.487. The van der Waals surface area contributed by atoms with Gasteiger partial charge in [0.2, 0.25) is 15.9 Å². The van der Waals surface area contributed by atoms with Crippen molar-refractivity contribution < 1.29 is 22.4 Å². The summed E-state index contributed by atoms with van der Waals surface area (Å²) in [4.78, 5) is 27.0. The van der Waals surface area contributed by atoms with Gasteiger partial charge < -0.3 is 14.6 Å². The summed E-state index contributed by atoms with van der Waals surface area (Å²) in [5.41, 5.74) is 0. The van der Waals surface area contributed by atoms with Gasteiger partial charge in [-0.15, -0.1) is 0 Å². The third-order valence-corrected chi connectivity index (χ3v) is 6.65. The third-order valence-electron chi connectivity index (χ3n) is 5.20. The van der Waals surface area contributed by atoms with E-state index in [4.69, 9.17) is 4.42 Å². The number of amides is 2. The van der Waals surface area contributed by atoms with Crippen molar-refractivity contribution in [3.63, 3.8) is 0 Å². The van der Waals surface area contributed by atoms with E-state index in [1.54, 1.807) is 35.2 Å². The van der Waals surface area contributed by atoms with E-state index in [1.807, 2.05) is 6.92 Å². The van der Waals surface area contributed by atoms with Crippen molar-refractivity contribution in [1.82, 2.24) is 14.9 Å². The van der Waals surface area contributed by atoms with Gasteiger partial charge in [0.25, 0.3) is 5.91 Å². The second kappa shape index (κ2) is 9.90. The van der Waals surface area contributed by atoms with Crippen LogP contribution in [-0.2, 0) is 14.8 Å². The van der Waals surface area contributed by atoms with E-state index in [0.717, 1.165) is 6.42 Å². The molecule has 1 aromatic heterocycles. The maximum atomic E-state index is 12.8. The number of hydrogen-bond donors (Lipinski definition) is 2. The molecule has 0 bridgehead atoms. The fourth-order valence-corrected chi connectivity index (χ4v) is 4.83. The average Bonchev–Trinajstić information content (AvgIpc) is 3.31. The first-order valence-electron chi connectivity index (χ1n) is 10.1. The zero-order chi connectivity index (χ0) is 21.6. The van der Waals surface area contributed by atoms with Gasteiger partial charge in [-0.05, 0) is 49.4 Å². The monoisotopic (exact) mass is 433 g/mol. The number of furan rings is 1. The smallest absolute Gasteiger partial charge is 0.289 e.